The molecule has 3 heteroatoms. The summed E-state index contributed by atoms with van der Waals surface area (Å²) >= 11 is 0. The van der Waals surface area contributed by atoms with Gasteiger partial charge in [-0.3, -0.25) is 0 Å². The maximum atomic E-state index is 9.61. The van der Waals surface area contributed by atoms with Crippen molar-refractivity contribution < 1.29 is 10.2 Å². The predicted molar refractivity (Wildman–Crippen MR) is 77.4 cm³/mol. The number of hydrogen-bond donors (Lipinski definition) is 3. The number of nitrogens with two attached hydrogens (primary N) is 1. The Morgan fingerprint density at radius 1 is 1.00 bits per heavy atom. The van der Waals surface area contributed by atoms with Crippen LogP contribution in [0.4, 0.5) is 0 Å². The van der Waals surface area contributed by atoms with Gasteiger partial charge in [0.25, 0.3) is 0 Å². The van der Waals surface area contributed by atoms with E-state index in [4.69, 9.17) is 5.73 Å². The Balaban J connectivity index is 1.86. The second-order valence-electron chi connectivity index (χ2n) is 7.05. The molecule has 112 valence electrons. The molecule has 0 amide bonds. The molecule has 0 bridgehead atoms. The van der Waals surface area contributed by atoms with E-state index in [1.54, 1.807) is 0 Å². The number of aliphatic hydroxyl groups is 2. The van der Waals surface area contributed by atoms with Gasteiger partial charge in [0, 0.05) is 0 Å². The number of hydrogen-bond acceptors (Lipinski definition) is 3. The largest absolute Gasteiger partial charge is 0.393 e. The Labute approximate surface area is 117 Å². The third-order valence-corrected chi connectivity index (χ3v) is 5.40. The summed E-state index contributed by atoms with van der Waals surface area (Å²) in [4.78, 5) is 0. The molecule has 2 aliphatic carbocycles. The summed E-state index contributed by atoms with van der Waals surface area (Å²) in [5, 5.41) is 19.2. The molecule has 3 nitrogen and oxygen atoms in total. The fourth-order valence-electron chi connectivity index (χ4n) is 4.46. The fraction of sp³-hybridized carbons (Fsp3) is 1.00. The van der Waals surface area contributed by atoms with E-state index in [1.165, 1.54) is 38.5 Å². The molecule has 2 rings (SSSR count). The normalized spacial score (nSPS) is 39.8. The zero-order valence-electron chi connectivity index (χ0n) is 12.3. The Morgan fingerprint density at radius 2 is 1.63 bits per heavy atom. The lowest BCUT2D eigenvalue weighted by Gasteiger charge is -2.39. The third-order valence-electron chi connectivity index (χ3n) is 5.40. The van der Waals surface area contributed by atoms with Crippen LogP contribution in [0.25, 0.3) is 0 Å². The lowest BCUT2D eigenvalue weighted by atomic mass is 9.67. The highest BCUT2D eigenvalue weighted by Crippen LogP contribution is 2.43. The van der Waals surface area contributed by atoms with Crippen molar-refractivity contribution in [2.75, 3.05) is 0 Å². The smallest absolute Gasteiger partial charge is 0.105 e. The minimum absolute atomic E-state index is 0.159. The van der Waals surface area contributed by atoms with Gasteiger partial charge in [0.15, 0.2) is 0 Å². The van der Waals surface area contributed by atoms with Crippen molar-refractivity contribution in [2.45, 2.75) is 77.0 Å². The standard InChI is InChI=1S/C16H31NO2/c1-11(18)8-12-4-2-5-13(9-12)14-6-3-7-15(10-14)16(17)19/h11-16,18-19H,2-10,17H2,1H3. The van der Waals surface area contributed by atoms with Crippen LogP contribution in [-0.4, -0.2) is 22.5 Å². The molecule has 2 aliphatic rings. The van der Waals surface area contributed by atoms with Crippen LogP contribution >= 0.6 is 0 Å². The van der Waals surface area contributed by atoms with E-state index in [-0.39, 0.29) is 6.10 Å². The Bertz CT molecular complexity index is 267. The van der Waals surface area contributed by atoms with Gasteiger partial charge in [-0.25, -0.2) is 0 Å². The summed E-state index contributed by atoms with van der Waals surface area (Å²) in [6, 6.07) is 0. The van der Waals surface area contributed by atoms with Crippen molar-refractivity contribution in [1.82, 2.24) is 0 Å². The van der Waals surface area contributed by atoms with E-state index in [0.717, 1.165) is 31.1 Å². The molecule has 0 saturated heterocycles. The average molecular weight is 269 g/mol. The van der Waals surface area contributed by atoms with Crippen LogP contribution in [0.3, 0.4) is 0 Å². The molecular formula is C16H31NO2. The molecule has 0 heterocycles. The summed E-state index contributed by atoms with van der Waals surface area (Å²) in [5.41, 5.74) is 5.67. The highest BCUT2D eigenvalue weighted by atomic mass is 16.3. The third kappa shape index (κ3) is 4.44. The molecule has 0 aromatic carbocycles. The molecule has 19 heavy (non-hydrogen) atoms. The first-order valence-electron chi connectivity index (χ1n) is 8.18. The van der Waals surface area contributed by atoms with Crippen LogP contribution in [0.1, 0.15) is 64.7 Å². The van der Waals surface area contributed by atoms with Crippen molar-refractivity contribution in [2.24, 2.45) is 29.4 Å². The van der Waals surface area contributed by atoms with Gasteiger partial charge < -0.3 is 15.9 Å². The van der Waals surface area contributed by atoms with Crippen LogP contribution in [-0.2, 0) is 0 Å². The van der Waals surface area contributed by atoms with Crippen LogP contribution in [0.15, 0.2) is 0 Å². The van der Waals surface area contributed by atoms with Crippen LogP contribution in [0, 0.1) is 23.7 Å². The first-order valence-corrected chi connectivity index (χ1v) is 8.18. The molecule has 0 spiro atoms. The maximum absolute atomic E-state index is 9.61. The topological polar surface area (TPSA) is 66.5 Å². The first kappa shape index (κ1) is 15.3. The Hall–Kier alpha value is -0.120. The minimum Gasteiger partial charge on any atom is -0.393 e. The molecular weight excluding hydrogens is 238 g/mol. The van der Waals surface area contributed by atoms with Crippen LogP contribution in [0.5, 0.6) is 0 Å². The summed E-state index contributed by atoms with van der Waals surface area (Å²) in [6.07, 6.45) is 10.2. The zero-order valence-corrected chi connectivity index (χ0v) is 12.3. The molecule has 0 aromatic heterocycles. The molecule has 4 N–H and O–H groups in total. The first-order chi connectivity index (χ1) is 9.06. The van der Waals surface area contributed by atoms with Gasteiger partial charge in [0.05, 0.1) is 6.10 Å². The van der Waals surface area contributed by atoms with Crippen molar-refractivity contribution in [3.05, 3.63) is 0 Å². The predicted octanol–water partition coefficient (Wildman–Crippen LogP) is 2.65. The van der Waals surface area contributed by atoms with E-state index in [0.29, 0.717) is 11.8 Å². The van der Waals surface area contributed by atoms with Gasteiger partial charge in [0.2, 0.25) is 0 Å². The van der Waals surface area contributed by atoms with Crippen molar-refractivity contribution in [1.29, 1.82) is 0 Å². The highest BCUT2D eigenvalue weighted by molar-refractivity contribution is 4.84. The lowest BCUT2D eigenvalue weighted by molar-refractivity contribution is 0.0455. The molecule has 2 saturated carbocycles. The van der Waals surface area contributed by atoms with E-state index in [2.05, 4.69) is 0 Å². The second kappa shape index (κ2) is 7.05. The van der Waals surface area contributed by atoms with Crippen LogP contribution < -0.4 is 5.73 Å². The van der Waals surface area contributed by atoms with Crippen molar-refractivity contribution in [3.8, 4) is 0 Å². The minimum atomic E-state index is -0.625. The van der Waals surface area contributed by atoms with Crippen molar-refractivity contribution >= 4 is 0 Å². The van der Waals surface area contributed by atoms with E-state index < -0.39 is 6.23 Å². The van der Waals surface area contributed by atoms with E-state index >= 15 is 0 Å². The van der Waals surface area contributed by atoms with Crippen LogP contribution in [0.2, 0.25) is 0 Å². The highest BCUT2D eigenvalue weighted by Gasteiger charge is 2.33. The molecule has 6 atom stereocenters. The van der Waals surface area contributed by atoms with E-state index in [1.807, 2.05) is 6.92 Å². The summed E-state index contributed by atoms with van der Waals surface area (Å²) in [7, 11) is 0. The molecule has 2 fully saturated rings. The quantitative estimate of drug-likeness (QED) is 0.687. The second-order valence-corrected chi connectivity index (χ2v) is 7.05. The molecule has 6 unspecified atom stereocenters. The molecule has 0 aromatic rings. The van der Waals surface area contributed by atoms with Gasteiger partial charge >= 0.3 is 0 Å². The summed E-state index contributed by atoms with van der Waals surface area (Å²) < 4.78 is 0. The Kier molecular flexibility index (Phi) is 5.67. The van der Waals surface area contributed by atoms with Gasteiger partial charge in [0.1, 0.15) is 6.23 Å². The summed E-state index contributed by atoms with van der Waals surface area (Å²) in [6.45, 7) is 1.91. The molecule has 0 aliphatic heterocycles. The number of aliphatic hydroxyl groups excluding tert-OH is 2. The van der Waals surface area contributed by atoms with E-state index in [9.17, 15) is 10.2 Å². The van der Waals surface area contributed by atoms with Gasteiger partial charge in [-0.2, -0.15) is 0 Å². The molecule has 0 radical (unpaired) electrons. The fourth-order valence-corrected chi connectivity index (χ4v) is 4.46. The van der Waals surface area contributed by atoms with Crippen molar-refractivity contribution in [3.63, 3.8) is 0 Å². The maximum Gasteiger partial charge on any atom is 0.105 e. The zero-order chi connectivity index (χ0) is 13.8. The average Bonchev–Trinajstić information content (AvgIpc) is 2.38. The van der Waals surface area contributed by atoms with Gasteiger partial charge in [-0.15, -0.1) is 0 Å². The SMILES string of the molecule is CC(O)CC1CCCC(C2CCCC(C(N)O)C2)C1. The lowest BCUT2D eigenvalue weighted by Crippen LogP contribution is -2.36. The Morgan fingerprint density at radius 3 is 2.26 bits per heavy atom. The van der Waals surface area contributed by atoms with Gasteiger partial charge in [-0.05, 0) is 56.3 Å². The summed E-state index contributed by atoms with van der Waals surface area (Å²) in [5.74, 6) is 2.59. The number of rotatable bonds is 4. The van der Waals surface area contributed by atoms with Gasteiger partial charge in [-0.1, -0.05) is 32.1 Å². The monoisotopic (exact) mass is 269 g/mol.